The molecule has 1 heterocycles. The minimum absolute atomic E-state index is 0.274. The zero-order chi connectivity index (χ0) is 14.5. The molecule has 0 fully saturated rings. The molecule has 0 spiro atoms. The summed E-state index contributed by atoms with van der Waals surface area (Å²) in [7, 11) is 0. The Morgan fingerprint density at radius 3 is 2.95 bits per heavy atom. The van der Waals surface area contributed by atoms with Gasteiger partial charge in [0.1, 0.15) is 22.8 Å². The second-order valence-corrected chi connectivity index (χ2v) is 4.26. The van der Waals surface area contributed by atoms with Gasteiger partial charge in [0.25, 0.3) is 5.91 Å². The molecule has 6 heteroatoms. The van der Waals surface area contributed by atoms with Crippen molar-refractivity contribution < 1.29 is 14.1 Å². The molecule has 0 saturated carbocycles. The predicted molar refractivity (Wildman–Crippen MR) is 74.4 cm³/mol. The number of hydrogen-bond donors (Lipinski definition) is 2. The van der Waals surface area contributed by atoms with E-state index >= 15 is 0 Å². The van der Waals surface area contributed by atoms with Gasteiger partial charge in [0.05, 0.1) is 13.2 Å². The van der Waals surface area contributed by atoms with Crippen molar-refractivity contribution in [3.05, 3.63) is 41.3 Å². The van der Waals surface area contributed by atoms with E-state index in [9.17, 15) is 4.79 Å². The maximum atomic E-state index is 12.2. The van der Waals surface area contributed by atoms with Crippen molar-refractivity contribution in [2.24, 2.45) is 0 Å². The van der Waals surface area contributed by atoms with Crippen LogP contribution in [0.1, 0.15) is 28.7 Å². The van der Waals surface area contributed by atoms with Gasteiger partial charge in [-0.05, 0) is 26.0 Å². The fourth-order valence-corrected chi connectivity index (χ4v) is 1.83. The molecule has 1 aromatic carbocycles. The van der Waals surface area contributed by atoms with Crippen molar-refractivity contribution in [2.45, 2.75) is 20.4 Å². The van der Waals surface area contributed by atoms with Crippen LogP contribution in [0.15, 0.2) is 28.8 Å². The van der Waals surface area contributed by atoms with Gasteiger partial charge in [-0.3, -0.25) is 4.79 Å². The van der Waals surface area contributed by atoms with Gasteiger partial charge in [-0.25, -0.2) is 0 Å². The number of amides is 1. The third-order valence-corrected chi connectivity index (χ3v) is 2.69. The Morgan fingerprint density at radius 2 is 2.30 bits per heavy atom. The summed E-state index contributed by atoms with van der Waals surface area (Å²) < 4.78 is 10.4. The van der Waals surface area contributed by atoms with Gasteiger partial charge in [0.2, 0.25) is 0 Å². The first-order valence-corrected chi connectivity index (χ1v) is 6.33. The lowest BCUT2D eigenvalue weighted by Crippen LogP contribution is -2.24. The number of nitrogens with two attached hydrogens (primary N) is 1. The molecule has 2 rings (SSSR count). The molecule has 0 saturated heterocycles. The fraction of sp³-hybridized carbons (Fsp3) is 0.286. The molecule has 1 amide bonds. The highest BCUT2D eigenvalue weighted by Gasteiger charge is 2.16. The summed E-state index contributed by atoms with van der Waals surface area (Å²) in [4.78, 5) is 12.2. The molecule has 0 aliphatic rings. The number of rotatable bonds is 5. The highest BCUT2D eigenvalue weighted by atomic mass is 16.5. The van der Waals surface area contributed by atoms with Crippen molar-refractivity contribution in [3.8, 4) is 5.75 Å². The standard InChI is InChI=1S/C14H17N3O3/c1-3-19-12-6-4-5-11(15)13(12)14(18)16-8-10-7-9(2)20-17-10/h4-7H,3,8,15H2,1-2H3,(H,16,18). The zero-order valence-corrected chi connectivity index (χ0v) is 11.5. The normalized spacial score (nSPS) is 10.3. The quantitative estimate of drug-likeness (QED) is 0.813. The van der Waals surface area contributed by atoms with Crippen molar-refractivity contribution in [3.63, 3.8) is 0 Å². The van der Waals surface area contributed by atoms with Gasteiger partial charge in [-0.15, -0.1) is 0 Å². The third kappa shape index (κ3) is 3.09. The summed E-state index contributed by atoms with van der Waals surface area (Å²) in [5.74, 6) is 0.872. The van der Waals surface area contributed by atoms with Crippen LogP contribution in [0.2, 0.25) is 0 Å². The Hall–Kier alpha value is -2.50. The lowest BCUT2D eigenvalue weighted by Gasteiger charge is -2.12. The average Bonchev–Trinajstić information content (AvgIpc) is 2.82. The first-order valence-electron chi connectivity index (χ1n) is 6.33. The number of nitrogen functional groups attached to an aromatic ring is 1. The first kappa shape index (κ1) is 13.9. The number of hydrogen-bond acceptors (Lipinski definition) is 5. The molecular weight excluding hydrogens is 258 g/mol. The molecule has 0 aliphatic carbocycles. The minimum atomic E-state index is -0.299. The average molecular weight is 275 g/mol. The highest BCUT2D eigenvalue weighted by molar-refractivity contribution is 6.01. The van der Waals surface area contributed by atoms with Gasteiger partial charge < -0.3 is 20.3 Å². The number of anilines is 1. The molecule has 0 aliphatic heterocycles. The number of ether oxygens (including phenoxy) is 1. The molecule has 0 atom stereocenters. The van der Waals surface area contributed by atoms with Crippen molar-refractivity contribution >= 4 is 11.6 Å². The Bertz CT molecular complexity index is 607. The Labute approximate surface area is 116 Å². The third-order valence-electron chi connectivity index (χ3n) is 2.69. The summed E-state index contributed by atoms with van der Waals surface area (Å²) in [5, 5.41) is 6.56. The van der Waals surface area contributed by atoms with Crippen LogP contribution in [0.25, 0.3) is 0 Å². The summed E-state index contributed by atoms with van der Waals surface area (Å²) in [6, 6.07) is 6.89. The summed E-state index contributed by atoms with van der Waals surface area (Å²) >= 11 is 0. The van der Waals surface area contributed by atoms with E-state index in [4.69, 9.17) is 15.0 Å². The van der Waals surface area contributed by atoms with Gasteiger partial charge in [-0.1, -0.05) is 11.2 Å². The van der Waals surface area contributed by atoms with E-state index in [-0.39, 0.29) is 12.5 Å². The zero-order valence-electron chi connectivity index (χ0n) is 11.5. The van der Waals surface area contributed by atoms with Gasteiger partial charge >= 0.3 is 0 Å². The number of carbonyl (C=O) groups excluding carboxylic acids is 1. The van der Waals surface area contributed by atoms with E-state index in [2.05, 4.69) is 10.5 Å². The topological polar surface area (TPSA) is 90.4 Å². The van der Waals surface area contributed by atoms with Crippen LogP contribution in [0.5, 0.6) is 5.75 Å². The minimum Gasteiger partial charge on any atom is -0.493 e. The first-order chi connectivity index (χ1) is 9.61. The second-order valence-electron chi connectivity index (χ2n) is 4.26. The van der Waals surface area contributed by atoms with E-state index in [1.54, 1.807) is 31.2 Å². The molecule has 6 nitrogen and oxygen atoms in total. The van der Waals surface area contributed by atoms with Crippen LogP contribution < -0.4 is 15.8 Å². The van der Waals surface area contributed by atoms with E-state index in [0.717, 1.165) is 0 Å². The molecule has 106 valence electrons. The van der Waals surface area contributed by atoms with Crippen LogP contribution in [0, 0.1) is 6.92 Å². The van der Waals surface area contributed by atoms with Crippen molar-refractivity contribution in [2.75, 3.05) is 12.3 Å². The van der Waals surface area contributed by atoms with Crippen molar-refractivity contribution in [1.82, 2.24) is 10.5 Å². The molecule has 2 aromatic rings. The Kier molecular flexibility index (Phi) is 4.24. The molecular formula is C14H17N3O3. The van der Waals surface area contributed by atoms with Crippen molar-refractivity contribution in [1.29, 1.82) is 0 Å². The molecule has 0 unspecified atom stereocenters. The van der Waals surface area contributed by atoms with Gasteiger partial charge in [-0.2, -0.15) is 0 Å². The van der Waals surface area contributed by atoms with Crippen LogP contribution >= 0.6 is 0 Å². The van der Waals surface area contributed by atoms with Crippen LogP contribution in [0.3, 0.4) is 0 Å². The molecule has 1 aromatic heterocycles. The smallest absolute Gasteiger partial charge is 0.257 e. The van der Waals surface area contributed by atoms with Crippen LogP contribution in [0.4, 0.5) is 5.69 Å². The molecule has 0 bridgehead atoms. The van der Waals surface area contributed by atoms with E-state index < -0.39 is 0 Å². The monoisotopic (exact) mass is 275 g/mol. The number of benzene rings is 1. The summed E-state index contributed by atoms with van der Waals surface area (Å²) in [6.45, 7) is 4.38. The van der Waals surface area contributed by atoms with Crippen LogP contribution in [-0.4, -0.2) is 17.7 Å². The molecule has 0 radical (unpaired) electrons. The number of nitrogens with zero attached hydrogens (tertiary/aromatic N) is 1. The maximum Gasteiger partial charge on any atom is 0.257 e. The molecule has 3 N–H and O–H groups in total. The van der Waals surface area contributed by atoms with Gasteiger partial charge in [0, 0.05) is 11.8 Å². The number of nitrogens with one attached hydrogen (secondary N) is 1. The highest BCUT2D eigenvalue weighted by Crippen LogP contribution is 2.24. The Morgan fingerprint density at radius 1 is 1.50 bits per heavy atom. The van der Waals surface area contributed by atoms with E-state index in [1.807, 2.05) is 6.92 Å². The molecule has 20 heavy (non-hydrogen) atoms. The summed E-state index contributed by atoms with van der Waals surface area (Å²) in [6.07, 6.45) is 0. The van der Waals surface area contributed by atoms with Gasteiger partial charge in [0.15, 0.2) is 0 Å². The Balaban J connectivity index is 2.12. The SMILES string of the molecule is CCOc1cccc(N)c1C(=O)NCc1cc(C)on1. The number of carbonyl (C=O) groups is 1. The van der Waals surface area contributed by atoms with E-state index in [0.29, 0.717) is 35.1 Å². The van der Waals surface area contributed by atoms with Crippen LogP contribution in [-0.2, 0) is 6.54 Å². The predicted octanol–water partition coefficient (Wildman–Crippen LogP) is 1.89. The maximum absolute atomic E-state index is 12.2. The second kappa shape index (κ2) is 6.10. The lowest BCUT2D eigenvalue weighted by atomic mass is 10.1. The summed E-state index contributed by atoms with van der Waals surface area (Å²) in [5.41, 5.74) is 7.23. The lowest BCUT2D eigenvalue weighted by molar-refractivity contribution is 0.0947. The fourth-order valence-electron chi connectivity index (χ4n) is 1.83. The number of aryl methyl sites for hydroxylation is 1. The number of aromatic nitrogens is 1. The largest absolute Gasteiger partial charge is 0.493 e. The van der Waals surface area contributed by atoms with E-state index in [1.165, 1.54) is 0 Å².